The van der Waals surface area contributed by atoms with Gasteiger partial charge in [0.25, 0.3) is 0 Å². The molecule has 0 aliphatic carbocycles. The van der Waals surface area contributed by atoms with Gasteiger partial charge in [0.2, 0.25) is 5.91 Å². The highest BCUT2D eigenvalue weighted by Crippen LogP contribution is 2.20. The molecule has 4 aromatic rings. The molecular weight excluding hydrogens is 342 g/mol. The monoisotopic (exact) mass is 361 g/mol. The van der Waals surface area contributed by atoms with Crippen LogP contribution in [-0.2, 0) is 24.8 Å². The van der Waals surface area contributed by atoms with Crippen molar-refractivity contribution in [2.24, 2.45) is 7.05 Å². The lowest BCUT2D eigenvalue weighted by molar-refractivity contribution is -0.116. The van der Waals surface area contributed by atoms with E-state index in [4.69, 9.17) is 0 Å². The van der Waals surface area contributed by atoms with E-state index < -0.39 is 0 Å². The van der Waals surface area contributed by atoms with Crippen molar-refractivity contribution >= 4 is 22.6 Å². The fraction of sp³-hybridized carbons (Fsp3) is 0.211. The van der Waals surface area contributed by atoms with Crippen molar-refractivity contribution < 1.29 is 4.79 Å². The molecule has 4 rings (SSSR count). The first-order chi connectivity index (χ1) is 13.2. The molecule has 8 heteroatoms. The molecule has 8 nitrogen and oxygen atoms in total. The molecule has 136 valence electrons. The molecule has 0 unspecified atom stereocenters. The summed E-state index contributed by atoms with van der Waals surface area (Å²) >= 11 is 0. The van der Waals surface area contributed by atoms with Crippen molar-refractivity contribution in [2.45, 2.75) is 19.9 Å². The number of aromatic nitrogens is 6. The quantitative estimate of drug-likeness (QED) is 0.589. The Kier molecular flexibility index (Phi) is 4.37. The average molecular weight is 361 g/mol. The number of fused-ring (bicyclic) bond motifs is 1. The third kappa shape index (κ3) is 3.29. The van der Waals surface area contributed by atoms with Gasteiger partial charge in [-0.1, -0.05) is 31.2 Å². The molecule has 0 fully saturated rings. The molecule has 2 aromatic carbocycles. The highest BCUT2D eigenvalue weighted by molar-refractivity contribution is 5.92. The van der Waals surface area contributed by atoms with E-state index in [0.29, 0.717) is 11.5 Å². The van der Waals surface area contributed by atoms with Crippen LogP contribution in [0.2, 0.25) is 0 Å². The molecule has 0 saturated carbocycles. The first-order valence-electron chi connectivity index (χ1n) is 8.72. The van der Waals surface area contributed by atoms with Crippen LogP contribution >= 0.6 is 0 Å². The van der Waals surface area contributed by atoms with Crippen molar-refractivity contribution in [3.63, 3.8) is 0 Å². The number of rotatable bonds is 5. The number of imidazole rings is 1. The second-order valence-corrected chi connectivity index (χ2v) is 6.21. The van der Waals surface area contributed by atoms with E-state index in [-0.39, 0.29) is 12.5 Å². The summed E-state index contributed by atoms with van der Waals surface area (Å²) in [6, 6.07) is 15.3. The van der Waals surface area contributed by atoms with Crippen LogP contribution in [0.15, 0.2) is 48.5 Å². The Morgan fingerprint density at radius 3 is 2.78 bits per heavy atom. The Bertz CT molecular complexity index is 1110. The smallest absolute Gasteiger partial charge is 0.244 e. The highest BCUT2D eigenvalue weighted by atomic mass is 16.1. The Morgan fingerprint density at radius 2 is 2.00 bits per heavy atom. The number of nitrogens with zero attached hydrogens (tertiary/aromatic N) is 6. The second-order valence-electron chi connectivity index (χ2n) is 6.21. The largest absolute Gasteiger partial charge is 0.325 e. The first-order valence-corrected chi connectivity index (χ1v) is 8.72. The van der Waals surface area contributed by atoms with Crippen LogP contribution < -0.4 is 5.32 Å². The van der Waals surface area contributed by atoms with Crippen molar-refractivity contribution in [2.75, 3.05) is 5.32 Å². The van der Waals surface area contributed by atoms with E-state index in [1.165, 1.54) is 0 Å². The molecule has 0 bridgehead atoms. The predicted molar refractivity (Wildman–Crippen MR) is 102 cm³/mol. The summed E-state index contributed by atoms with van der Waals surface area (Å²) in [5.41, 5.74) is 3.40. The number of anilines is 1. The van der Waals surface area contributed by atoms with Crippen LogP contribution in [0.1, 0.15) is 12.7 Å². The van der Waals surface area contributed by atoms with E-state index in [0.717, 1.165) is 28.8 Å². The Hall–Kier alpha value is -3.55. The van der Waals surface area contributed by atoms with Crippen LogP contribution in [0.3, 0.4) is 0 Å². The first kappa shape index (κ1) is 16.9. The van der Waals surface area contributed by atoms with E-state index in [2.05, 4.69) is 25.8 Å². The van der Waals surface area contributed by atoms with Gasteiger partial charge in [0, 0.05) is 24.7 Å². The zero-order chi connectivity index (χ0) is 18.8. The fourth-order valence-corrected chi connectivity index (χ4v) is 3.13. The third-order valence-corrected chi connectivity index (χ3v) is 4.38. The normalized spacial score (nSPS) is 11.0. The maximum Gasteiger partial charge on any atom is 0.244 e. The minimum Gasteiger partial charge on any atom is -0.325 e. The minimum absolute atomic E-state index is 0.110. The van der Waals surface area contributed by atoms with Crippen LogP contribution in [0.25, 0.3) is 22.4 Å². The van der Waals surface area contributed by atoms with E-state index in [1.807, 2.05) is 60.0 Å². The number of carbonyl (C=O) groups excluding carboxylic acids is 1. The van der Waals surface area contributed by atoms with Gasteiger partial charge in [0.1, 0.15) is 12.4 Å². The van der Waals surface area contributed by atoms with Gasteiger partial charge in [0.05, 0.1) is 11.0 Å². The van der Waals surface area contributed by atoms with Crippen LogP contribution in [-0.4, -0.2) is 35.7 Å². The zero-order valence-electron chi connectivity index (χ0n) is 15.1. The van der Waals surface area contributed by atoms with Gasteiger partial charge in [-0.25, -0.2) is 9.67 Å². The number of benzene rings is 2. The molecule has 27 heavy (non-hydrogen) atoms. The Morgan fingerprint density at radius 1 is 1.15 bits per heavy atom. The molecule has 0 aliphatic heterocycles. The number of carbonyl (C=O) groups is 1. The molecule has 0 aliphatic rings. The molecule has 1 amide bonds. The number of aryl methyl sites for hydroxylation is 2. The summed E-state index contributed by atoms with van der Waals surface area (Å²) in [6.45, 7) is 2.24. The Labute approximate surface area is 155 Å². The SMILES string of the molecule is CCc1nc2ccccc2n1CC(=O)Nc1cccc(-c2nnnn2C)c1. The lowest BCUT2D eigenvalue weighted by atomic mass is 10.2. The van der Waals surface area contributed by atoms with Gasteiger partial charge < -0.3 is 9.88 Å². The van der Waals surface area contributed by atoms with Crippen molar-refractivity contribution in [1.82, 2.24) is 29.8 Å². The molecule has 0 atom stereocenters. The third-order valence-electron chi connectivity index (χ3n) is 4.38. The Balaban J connectivity index is 1.56. The standard InChI is InChI=1S/C19H19N7O/c1-3-17-21-15-9-4-5-10-16(15)26(17)12-18(27)20-14-8-6-7-13(11-14)19-22-23-24-25(19)2/h4-11H,3,12H2,1-2H3,(H,20,27). The lowest BCUT2D eigenvalue weighted by Gasteiger charge is -2.10. The molecule has 0 radical (unpaired) electrons. The molecule has 1 N–H and O–H groups in total. The topological polar surface area (TPSA) is 90.5 Å². The summed E-state index contributed by atoms with van der Waals surface area (Å²) in [5, 5.41) is 14.4. The zero-order valence-corrected chi connectivity index (χ0v) is 15.1. The van der Waals surface area contributed by atoms with E-state index in [1.54, 1.807) is 11.7 Å². The van der Waals surface area contributed by atoms with E-state index >= 15 is 0 Å². The van der Waals surface area contributed by atoms with Gasteiger partial charge in [-0.15, -0.1) is 5.10 Å². The van der Waals surface area contributed by atoms with Gasteiger partial charge in [-0.2, -0.15) is 0 Å². The van der Waals surface area contributed by atoms with Gasteiger partial charge >= 0.3 is 0 Å². The van der Waals surface area contributed by atoms with E-state index in [9.17, 15) is 4.79 Å². The lowest BCUT2D eigenvalue weighted by Crippen LogP contribution is -2.20. The molecule has 2 aromatic heterocycles. The van der Waals surface area contributed by atoms with Crippen molar-refractivity contribution in [1.29, 1.82) is 0 Å². The van der Waals surface area contributed by atoms with Crippen LogP contribution in [0, 0.1) is 0 Å². The number of hydrogen-bond acceptors (Lipinski definition) is 5. The number of hydrogen-bond donors (Lipinski definition) is 1. The summed E-state index contributed by atoms with van der Waals surface area (Å²) in [6.07, 6.45) is 0.761. The summed E-state index contributed by atoms with van der Waals surface area (Å²) in [7, 11) is 1.77. The van der Waals surface area contributed by atoms with Crippen molar-refractivity contribution in [3.8, 4) is 11.4 Å². The summed E-state index contributed by atoms with van der Waals surface area (Å²) in [5.74, 6) is 1.42. The molecular formula is C19H19N7O. The summed E-state index contributed by atoms with van der Waals surface area (Å²) < 4.78 is 3.55. The van der Waals surface area contributed by atoms with Gasteiger partial charge in [-0.3, -0.25) is 4.79 Å². The molecule has 0 saturated heterocycles. The molecule has 0 spiro atoms. The number of tetrazole rings is 1. The number of amides is 1. The van der Waals surface area contributed by atoms with Crippen LogP contribution in [0.4, 0.5) is 5.69 Å². The van der Waals surface area contributed by atoms with Crippen molar-refractivity contribution in [3.05, 3.63) is 54.4 Å². The van der Waals surface area contributed by atoms with Crippen LogP contribution in [0.5, 0.6) is 0 Å². The maximum atomic E-state index is 12.7. The number of para-hydroxylation sites is 2. The average Bonchev–Trinajstić information content (AvgIpc) is 3.25. The van der Waals surface area contributed by atoms with Gasteiger partial charge in [0.15, 0.2) is 5.82 Å². The van der Waals surface area contributed by atoms with Gasteiger partial charge in [-0.05, 0) is 34.7 Å². The summed E-state index contributed by atoms with van der Waals surface area (Å²) in [4.78, 5) is 17.3. The number of nitrogens with one attached hydrogen (secondary N) is 1. The predicted octanol–water partition coefficient (Wildman–Crippen LogP) is 2.43. The molecule has 2 heterocycles. The fourth-order valence-electron chi connectivity index (χ4n) is 3.13. The highest BCUT2D eigenvalue weighted by Gasteiger charge is 2.13. The minimum atomic E-state index is -0.110. The maximum absolute atomic E-state index is 12.7. The second kappa shape index (κ2) is 6.99.